The number of halogens is 3. The number of alkyl halides is 3. The van der Waals surface area contributed by atoms with Gasteiger partial charge in [-0.3, -0.25) is 5.10 Å². The van der Waals surface area contributed by atoms with Gasteiger partial charge in [0.25, 0.3) is 0 Å². The van der Waals surface area contributed by atoms with Crippen LogP contribution in [0.1, 0.15) is 29.9 Å². The smallest absolute Gasteiger partial charge is 0.356 e. The van der Waals surface area contributed by atoms with Crippen LogP contribution < -0.4 is 10.6 Å². The quantitative estimate of drug-likeness (QED) is 0.660. The van der Waals surface area contributed by atoms with Crippen molar-refractivity contribution in [3.05, 3.63) is 60.3 Å². The van der Waals surface area contributed by atoms with Crippen LogP contribution in [0.3, 0.4) is 0 Å². The van der Waals surface area contributed by atoms with E-state index >= 15 is 0 Å². The highest BCUT2D eigenvalue weighted by molar-refractivity contribution is 5.74. The Labute approximate surface area is 172 Å². The number of piperidine rings is 1. The fourth-order valence-corrected chi connectivity index (χ4v) is 4.21. The van der Waals surface area contributed by atoms with Gasteiger partial charge in [0, 0.05) is 36.6 Å². The predicted octanol–water partition coefficient (Wildman–Crippen LogP) is 3.84. The lowest BCUT2D eigenvalue weighted by Crippen LogP contribution is -2.37. The first kappa shape index (κ1) is 20.3. The maximum absolute atomic E-state index is 12.8. The van der Waals surface area contributed by atoms with Crippen molar-refractivity contribution >= 4 is 5.82 Å². The third-order valence-corrected chi connectivity index (χ3v) is 5.83. The number of nitrogens with one attached hydrogen (secondary N) is 1. The van der Waals surface area contributed by atoms with Crippen LogP contribution in [-0.2, 0) is 6.18 Å². The van der Waals surface area contributed by atoms with Crippen molar-refractivity contribution in [2.45, 2.75) is 24.9 Å². The predicted molar refractivity (Wildman–Crippen MR) is 108 cm³/mol. The fraction of sp³-hybridized carbons (Fsp3) is 0.381. The molecule has 1 unspecified atom stereocenters. The zero-order chi connectivity index (χ0) is 21.1. The monoisotopic (exact) mass is 416 g/mol. The molecule has 2 aromatic heterocycles. The van der Waals surface area contributed by atoms with Crippen molar-refractivity contribution < 1.29 is 13.2 Å². The second kappa shape index (κ2) is 8.43. The molecule has 0 amide bonds. The van der Waals surface area contributed by atoms with Gasteiger partial charge >= 0.3 is 6.18 Å². The topological polar surface area (TPSA) is 83.7 Å². The molecule has 0 spiro atoms. The number of aromatic nitrogens is 4. The molecule has 1 fully saturated rings. The van der Waals surface area contributed by atoms with Gasteiger partial charge in [0.1, 0.15) is 12.1 Å². The average molecular weight is 416 g/mol. The van der Waals surface area contributed by atoms with E-state index in [2.05, 4.69) is 25.1 Å². The summed E-state index contributed by atoms with van der Waals surface area (Å²) in [6.45, 7) is 2.00. The summed E-state index contributed by atoms with van der Waals surface area (Å²) < 4.78 is 38.5. The minimum atomic E-state index is -4.33. The van der Waals surface area contributed by atoms with Crippen molar-refractivity contribution in [3.8, 4) is 11.1 Å². The number of aromatic amines is 1. The molecule has 1 aliphatic rings. The molecule has 9 heteroatoms. The maximum atomic E-state index is 12.8. The van der Waals surface area contributed by atoms with E-state index in [1.807, 2.05) is 6.20 Å². The summed E-state index contributed by atoms with van der Waals surface area (Å²) in [5, 5.41) is 6.81. The average Bonchev–Trinajstić information content (AvgIpc) is 3.29. The molecule has 1 atom stereocenters. The Hall–Kier alpha value is -2.94. The van der Waals surface area contributed by atoms with E-state index in [-0.39, 0.29) is 5.92 Å². The van der Waals surface area contributed by atoms with Gasteiger partial charge in [0.15, 0.2) is 0 Å². The van der Waals surface area contributed by atoms with Crippen molar-refractivity contribution in [2.24, 2.45) is 11.7 Å². The standard InChI is InChI=1S/C21H23F3N6/c22-21(23,24)17-3-1-14(2-4-17)18(9-25)15-5-7-30(8-6-15)20-19(12-26-13-27-20)16-10-28-29-11-16/h1-4,10-13,15,18H,5-9,25H2,(H,28,29). The molecule has 0 saturated carbocycles. The summed E-state index contributed by atoms with van der Waals surface area (Å²) in [6, 6.07) is 5.42. The molecule has 158 valence electrons. The Morgan fingerprint density at radius 1 is 1.13 bits per heavy atom. The number of nitrogens with zero attached hydrogens (tertiary/aromatic N) is 4. The molecule has 1 aliphatic heterocycles. The first-order chi connectivity index (χ1) is 14.5. The van der Waals surface area contributed by atoms with E-state index < -0.39 is 11.7 Å². The summed E-state index contributed by atoms with van der Waals surface area (Å²) in [6.07, 6.45) is 4.32. The van der Waals surface area contributed by atoms with E-state index in [9.17, 15) is 13.2 Å². The Morgan fingerprint density at radius 3 is 2.47 bits per heavy atom. The molecule has 4 rings (SSSR count). The molecule has 3 aromatic rings. The molecular weight excluding hydrogens is 393 g/mol. The van der Waals surface area contributed by atoms with Crippen molar-refractivity contribution in [3.63, 3.8) is 0 Å². The van der Waals surface area contributed by atoms with Gasteiger partial charge in [-0.2, -0.15) is 18.3 Å². The van der Waals surface area contributed by atoms with Gasteiger partial charge in [-0.1, -0.05) is 12.1 Å². The van der Waals surface area contributed by atoms with Crippen LogP contribution in [0.2, 0.25) is 0 Å². The van der Waals surface area contributed by atoms with Crippen molar-refractivity contribution in [2.75, 3.05) is 24.5 Å². The maximum Gasteiger partial charge on any atom is 0.416 e. The number of hydrogen-bond acceptors (Lipinski definition) is 5. The minimum Gasteiger partial charge on any atom is -0.356 e. The van der Waals surface area contributed by atoms with E-state index in [0.29, 0.717) is 12.5 Å². The molecule has 3 heterocycles. The fourth-order valence-electron chi connectivity index (χ4n) is 4.21. The molecule has 0 bridgehead atoms. The highest BCUT2D eigenvalue weighted by atomic mass is 19.4. The van der Waals surface area contributed by atoms with Gasteiger partial charge in [-0.15, -0.1) is 0 Å². The lowest BCUT2D eigenvalue weighted by atomic mass is 9.80. The minimum absolute atomic E-state index is 0.0353. The molecule has 6 nitrogen and oxygen atoms in total. The lowest BCUT2D eigenvalue weighted by molar-refractivity contribution is -0.137. The molecule has 3 N–H and O–H groups in total. The Morgan fingerprint density at radius 2 is 1.87 bits per heavy atom. The molecule has 0 aliphatic carbocycles. The van der Waals surface area contributed by atoms with Gasteiger partial charge < -0.3 is 10.6 Å². The summed E-state index contributed by atoms with van der Waals surface area (Å²) in [5.41, 5.74) is 8.11. The zero-order valence-electron chi connectivity index (χ0n) is 16.3. The van der Waals surface area contributed by atoms with Crippen LogP contribution >= 0.6 is 0 Å². The van der Waals surface area contributed by atoms with Crippen LogP contribution in [0.25, 0.3) is 11.1 Å². The first-order valence-corrected chi connectivity index (χ1v) is 9.88. The Kier molecular flexibility index (Phi) is 5.72. The molecule has 0 radical (unpaired) electrons. The molecule has 30 heavy (non-hydrogen) atoms. The second-order valence-corrected chi connectivity index (χ2v) is 7.53. The number of benzene rings is 1. The number of H-pyrrole nitrogens is 1. The molecule has 1 saturated heterocycles. The van der Waals surface area contributed by atoms with Crippen LogP contribution in [0, 0.1) is 5.92 Å². The van der Waals surface area contributed by atoms with Crippen molar-refractivity contribution in [1.29, 1.82) is 0 Å². The van der Waals surface area contributed by atoms with E-state index in [0.717, 1.165) is 60.6 Å². The van der Waals surface area contributed by atoms with Gasteiger partial charge in [0.05, 0.1) is 11.8 Å². The van der Waals surface area contributed by atoms with Crippen LogP contribution in [0.15, 0.2) is 49.2 Å². The Bertz CT molecular complexity index is 948. The van der Waals surface area contributed by atoms with E-state index in [4.69, 9.17) is 5.73 Å². The number of nitrogens with two attached hydrogens (primary N) is 1. The highest BCUT2D eigenvalue weighted by Crippen LogP contribution is 2.37. The summed E-state index contributed by atoms with van der Waals surface area (Å²) in [7, 11) is 0. The lowest BCUT2D eigenvalue weighted by Gasteiger charge is -2.37. The number of hydrogen-bond donors (Lipinski definition) is 2. The Balaban J connectivity index is 1.47. The summed E-state index contributed by atoms with van der Waals surface area (Å²) >= 11 is 0. The summed E-state index contributed by atoms with van der Waals surface area (Å²) in [5.74, 6) is 1.21. The largest absolute Gasteiger partial charge is 0.416 e. The van der Waals surface area contributed by atoms with Crippen LogP contribution in [-0.4, -0.2) is 39.8 Å². The second-order valence-electron chi connectivity index (χ2n) is 7.53. The number of anilines is 1. The first-order valence-electron chi connectivity index (χ1n) is 9.88. The van der Waals surface area contributed by atoms with Crippen LogP contribution in [0.4, 0.5) is 19.0 Å². The SMILES string of the molecule is NCC(c1ccc(C(F)(F)F)cc1)C1CCN(c2ncncc2-c2cn[nH]c2)CC1. The van der Waals surface area contributed by atoms with E-state index in [1.54, 1.807) is 24.5 Å². The molecular formula is C21H23F3N6. The van der Waals surface area contributed by atoms with Crippen LogP contribution in [0.5, 0.6) is 0 Å². The van der Waals surface area contributed by atoms with Gasteiger partial charge in [-0.25, -0.2) is 9.97 Å². The molecule has 1 aromatic carbocycles. The van der Waals surface area contributed by atoms with Gasteiger partial charge in [0.2, 0.25) is 0 Å². The highest BCUT2D eigenvalue weighted by Gasteiger charge is 2.32. The third kappa shape index (κ3) is 4.16. The summed E-state index contributed by atoms with van der Waals surface area (Å²) in [4.78, 5) is 10.8. The third-order valence-electron chi connectivity index (χ3n) is 5.83. The van der Waals surface area contributed by atoms with Gasteiger partial charge in [-0.05, 0) is 48.9 Å². The number of rotatable bonds is 5. The normalized spacial score (nSPS) is 16.6. The van der Waals surface area contributed by atoms with E-state index in [1.165, 1.54) is 6.33 Å². The zero-order valence-corrected chi connectivity index (χ0v) is 16.3. The van der Waals surface area contributed by atoms with Crippen molar-refractivity contribution in [1.82, 2.24) is 20.2 Å².